The van der Waals surface area contributed by atoms with Crippen LogP contribution in [0.15, 0.2) is 42.5 Å². The maximum atomic E-state index is 13.6. The number of rotatable bonds is 7. The summed E-state index contributed by atoms with van der Waals surface area (Å²) < 4.78 is 32.7. The van der Waals surface area contributed by atoms with Crippen molar-refractivity contribution in [3.63, 3.8) is 0 Å². The maximum absolute atomic E-state index is 13.6. The molecular formula is C25H30N4O6S2. The fraction of sp³-hybridized carbons (Fsp3) is 0.400. The van der Waals surface area contributed by atoms with Gasteiger partial charge < -0.3 is 20.1 Å². The lowest BCUT2D eigenvalue weighted by Crippen LogP contribution is -2.50. The topological polar surface area (TPSA) is 129 Å². The highest BCUT2D eigenvalue weighted by atomic mass is 32.2. The first-order valence-electron chi connectivity index (χ1n) is 11.8. The zero-order chi connectivity index (χ0) is 26.9. The van der Waals surface area contributed by atoms with Crippen molar-refractivity contribution in [1.82, 2.24) is 14.2 Å². The molecule has 10 nitrogen and oxygen atoms in total. The molecule has 0 bridgehead atoms. The number of hydrogen-bond donors (Lipinski definition) is 2. The number of para-hydroxylation sites is 2. The molecule has 2 N–H and O–H groups in total. The van der Waals surface area contributed by atoms with Gasteiger partial charge in [0.2, 0.25) is 10.0 Å². The van der Waals surface area contributed by atoms with Crippen LogP contribution in [-0.2, 0) is 10.0 Å². The van der Waals surface area contributed by atoms with Crippen molar-refractivity contribution in [1.29, 1.82) is 0 Å². The quantitative estimate of drug-likeness (QED) is 0.466. The van der Waals surface area contributed by atoms with E-state index in [1.807, 2.05) is 31.2 Å². The van der Waals surface area contributed by atoms with Gasteiger partial charge >= 0.3 is 0 Å². The van der Waals surface area contributed by atoms with Gasteiger partial charge in [0.05, 0.1) is 46.9 Å². The molecule has 0 unspecified atom stereocenters. The van der Waals surface area contributed by atoms with Gasteiger partial charge in [-0.05, 0) is 31.2 Å². The van der Waals surface area contributed by atoms with Crippen LogP contribution in [-0.4, -0.2) is 84.7 Å². The zero-order valence-electron chi connectivity index (χ0n) is 21.0. The summed E-state index contributed by atoms with van der Waals surface area (Å²) in [5.41, 5.74) is 1.19. The minimum absolute atomic E-state index is 0.0368. The zero-order valence-corrected chi connectivity index (χ0v) is 22.7. The van der Waals surface area contributed by atoms with Gasteiger partial charge in [-0.3, -0.25) is 9.59 Å². The largest absolute Gasteiger partial charge is 0.486 e. The Morgan fingerprint density at radius 3 is 2.70 bits per heavy atom. The summed E-state index contributed by atoms with van der Waals surface area (Å²) in [4.78, 5) is 32.7. The third kappa shape index (κ3) is 5.77. The fourth-order valence-electron chi connectivity index (χ4n) is 4.09. The molecule has 1 aromatic heterocycles. The van der Waals surface area contributed by atoms with Crippen molar-refractivity contribution in [2.45, 2.75) is 26.0 Å². The van der Waals surface area contributed by atoms with Gasteiger partial charge in [0, 0.05) is 19.5 Å². The molecule has 0 aliphatic carbocycles. The highest BCUT2D eigenvalue weighted by Gasteiger charge is 2.35. The van der Waals surface area contributed by atoms with Crippen LogP contribution in [0.3, 0.4) is 0 Å². The summed E-state index contributed by atoms with van der Waals surface area (Å²) in [5, 5.41) is 12.9. The number of anilines is 1. The molecule has 198 valence electrons. The molecule has 3 atom stereocenters. The summed E-state index contributed by atoms with van der Waals surface area (Å²) in [6.45, 7) is 3.65. The molecular weight excluding hydrogens is 516 g/mol. The van der Waals surface area contributed by atoms with Crippen molar-refractivity contribution in [3.05, 3.63) is 53.0 Å². The van der Waals surface area contributed by atoms with Gasteiger partial charge in [0.15, 0.2) is 10.8 Å². The van der Waals surface area contributed by atoms with Crippen LogP contribution in [0, 0.1) is 5.92 Å². The molecule has 0 fully saturated rings. The molecule has 4 rings (SSSR count). The second kappa shape index (κ2) is 10.7. The summed E-state index contributed by atoms with van der Waals surface area (Å²) in [6, 6.07) is 11.8. The number of aliphatic hydroxyl groups is 1. The van der Waals surface area contributed by atoms with E-state index in [4.69, 9.17) is 4.74 Å². The highest BCUT2D eigenvalue weighted by molar-refractivity contribution is 7.88. The Hall–Kier alpha value is -3.06. The lowest BCUT2D eigenvalue weighted by molar-refractivity contribution is 0.0389. The predicted molar refractivity (Wildman–Crippen MR) is 143 cm³/mol. The van der Waals surface area contributed by atoms with Crippen molar-refractivity contribution in [2.24, 2.45) is 5.92 Å². The number of nitrogens with zero attached hydrogens (tertiary/aromatic N) is 3. The average Bonchev–Trinajstić information content (AvgIpc) is 3.30. The van der Waals surface area contributed by atoms with E-state index in [1.165, 1.54) is 22.7 Å². The van der Waals surface area contributed by atoms with E-state index in [-0.39, 0.29) is 53.5 Å². The van der Waals surface area contributed by atoms with E-state index < -0.39 is 28.1 Å². The van der Waals surface area contributed by atoms with E-state index in [0.29, 0.717) is 5.52 Å². The van der Waals surface area contributed by atoms with E-state index in [1.54, 1.807) is 30.0 Å². The normalized spacial score (nSPS) is 19.2. The fourth-order valence-corrected chi connectivity index (χ4v) is 5.37. The molecule has 3 aromatic rings. The average molecular weight is 547 g/mol. The van der Waals surface area contributed by atoms with Crippen molar-refractivity contribution in [2.75, 3.05) is 38.3 Å². The summed E-state index contributed by atoms with van der Waals surface area (Å²) >= 11 is 1.25. The molecule has 0 saturated heterocycles. The standard InChI is InChI=1S/C25H30N4O6S2/c1-15-12-29(16(2)14-30)25(32)17-8-7-10-19(22(17)35-20(15)13-28(3)37(4,33)34)26-23(31)24-27-18-9-5-6-11-21(18)36-24/h5-11,15-16,20,30H,12-14H2,1-4H3,(H,26,31)/t15-,16+,20+/m0/s1. The summed E-state index contributed by atoms with van der Waals surface area (Å²) in [7, 11) is -2.03. The predicted octanol–water partition coefficient (Wildman–Crippen LogP) is 2.66. The smallest absolute Gasteiger partial charge is 0.284 e. The SMILES string of the molecule is C[C@H](CO)N1C[C@H](C)[C@@H](CN(C)S(C)(=O)=O)Oc2c(NC(=O)c3nc4ccccc4s3)cccc2C1=O. The molecule has 2 amide bonds. The first-order chi connectivity index (χ1) is 17.5. The molecule has 2 heterocycles. The Labute approximate surface area is 219 Å². The monoisotopic (exact) mass is 546 g/mol. The van der Waals surface area contributed by atoms with Crippen molar-refractivity contribution < 1.29 is 27.9 Å². The number of benzene rings is 2. The van der Waals surface area contributed by atoms with Crippen LogP contribution in [0.5, 0.6) is 5.75 Å². The number of hydrogen-bond acceptors (Lipinski definition) is 8. The number of carbonyl (C=O) groups is 2. The van der Waals surface area contributed by atoms with Crippen LogP contribution in [0.2, 0.25) is 0 Å². The Kier molecular flexibility index (Phi) is 7.83. The molecule has 1 aliphatic rings. The van der Waals surface area contributed by atoms with Gasteiger partial charge in [0.1, 0.15) is 6.10 Å². The number of aliphatic hydroxyl groups excluding tert-OH is 1. The third-order valence-electron chi connectivity index (χ3n) is 6.43. The number of nitrogens with one attached hydrogen (secondary N) is 1. The molecule has 37 heavy (non-hydrogen) atoms. The third-order valence-corrected chi connectivity index (χ3v) is 8.75. The summed E-state index contributed by atoms with van der Waals surface area (Å²) in [5.74, 6) is -0.945. The molecule has 0 spiro atoms. The minimum Gasteiger partial charge on any atom is -0.486 e. The van der Waals surface area contributed by atoms with Crippen LogP contribution in [0.1, 0.15) is 34.0 Å². The maximum Gasteiger partial charge on any atom is 0.284 e. The number of fused-ring (bicyclic) bond motifs is 2. The number of thiazole rings is 1. The Morgan fingerprint density at radius 1 is 1.30 bits per heavy atom. The number of ether oxygens (including phenoxy) is 1. The highest BCUT2D eigenvalue weighted by Crippen LogP contribution is 2.35. The Morgan fingerprint density at radius 2 is 2.03 bits per heavy atom. The van der Waals surface area contributed by atoms with E-state index in [0.717, 1.165) is 11.0 Å². The lowest BCUT2D eigenvalue weighted by Gasteiger charge is -2.38. The van der Waals surface area contributed by atoms with Gasteiger partial charge in [-0.2, -0.15) is 0 Å². The Bertz CT molecular complexity index is 1390. The van der Waals surface area contributed by atoms with Crippen LogP contribution in [0.4, 0.5) is 5.69 Å². The van der Waals surface area contributed by atoms with E-state index in [2.05, 4.69) is 10.3 Å². The minimum atomic E-state index is -3.49. The second-order valence-electron chi connectivity index (χ2n) is 9.29. The summed E-state index contributed by atoms with van der Waals surface area (Å²) in [6.07, 6.45) is 0.474. The first-order valence-corrected chi connectivity index (χ1v) is 14.5. The number of aromatic nitrogens is 1. The molecule has 0 saturated carbocycles. The number of sulfonamides is 1. The van der Waals surface area contributed by atoms with Crippen LogP contribution >= 0.6 is 11.3 Å². The van der Waals surface area contributed by atoms with Crippen molar-refractivity contribution >= 4 is 49.1 Å². The molecule has 1 aliphatic heterocycles. The number of carbonyl (C=O) groups excluding carboxylic acids is 2. The lowest BCUT2D eigenvalue weighted by atomic mass is 9.99. The second-order valence-corrected chi connectivity index (χ2v) is 12.4. The van der Waals surface area contributed by atoms with Gasteiger partial charge in [0.25, 0.3) is 11.8 Å². The number of likely N-dealkylation sites (N-methyl/N-ethyl adjacent to an activating group) is 1. The number of amides is 2. The van der Waals surface area contributed by atoms with Crippen LogP contribution < -0.4 is 10.1 Å². The van der Waals surface area contributed by atoms with Gasteiger partial charge in [-0.1, -0.05) is 25.1 Å². The Balaban J connectivity index is 1.74. The first kappa shape index (κ1) is 27.0. The van der Waals surface area contributed by atoms with Crippen LogP contribution in [0.25, 0.3) is 10.2 Å². The molecule has 0 radical (unpaired) electrons. The van der Waals surface area contributed by atoms with Gasteiger partial charge in [-0.25, -0.2) is 17.7 Å². The molecule has 2 aromatic carbocycles. The van der Waals surface area contributed by atoms with E-state index >= 15 is 0 Å². The van der Waals surface area contributed by atoms with E-state index in [9.17, 15) is 23.1 Å². The van der Waals surface area contributed by atoms with Crippen molar-refractivity contribution in [3.8, 4) is 5.75 Å². The molecule has 12 heteroatoms. The van der Waals surface area contributed by atoms with Gasteiger partial charge in [-0.15, -0.1) is 11.3 Å².